The number of rotatable bonds is 3. The molecule has 3 heterocycles. The smallest absolute Gasteiger partial charge is 0.230 e. The van der Waals surface area contributed by atoms with Crippen LogP contribution in [0.25, 0.3) is 0 Å². The molecule has 0 spiro atoms. The Morgan fingerprint density at radius 1 is 1.15 bits per heavy atom. The van der Waals surface area contributed by atoms with Gasteiger partial charge in [0.05, 0.1) is 0 Å². The number of fused-ring (bicyclic) bond motifs is 1. The summed E-state index contributed by atoms with van der Waals surface area (Å²) in [5.74, 6) is 0.635. The minimum absolute atomic E-state index is 0.00897. The Morgan fingerprint density at radius 3 is 2.67 bits per heavy atom. The Balaban J connectivity index is 1.65. The first-order chi connectivity index (χ1) is 12.9. The monoisotopic (exact) mass is 382 g/mol. The molecule has 0 radical (unpaired) electrons. The molecule has 27 heavy (non-hydrogen) atoms. The fraction of sp³-hybridized carbons (Fsp3) is 0.429. The molecule has 4 rings (SSSR count). The number of para-hydroxylation sites is 1. The Bertz CT molecular complexity index is 820. The van der Waals surface area contributed by atoms with Crippen LogP contribution in [-0.4, -0.2) is 34.7 Å². The Kier molecular flexibility index (Phi) is 4.92. The number of hydrogen-bond donors (Lipinski definition) is 1. The van der Waals surface area contributed by atoms with Crippen LogP contribution in [0.1, 0.15) is 33.6 Å². The number of pyridine rings is 1. The summed E-state index contributed by atoms with van der Waals surface area (Å²) in [6.45, 7) is 7.92. The van der Waals surface area contributed by atoms with Crippen LogP contribution in [0.3, 0.4) is 0 Å². The summed E-state index contributed by atoms with van der Waals surface area (Å²) in [4.78, 5) is 17.2. The zero-order valence-corrected chi connectivity index (χ0v) is 17.1. The summed E-state index contributed by atoms with van der Waals surface area (Å²) in [7, 11) is -0.685. The molecule has 0 saturated carbocycles. The van der Waals surface area contributed by atoms with Gasteiger partial charge in [-0.05, 0) is 37.1 Å². The summed E-state index contributed by atoms with van der Waals surface area (Å²) < 4.78 is 5.14. The number of benzene rings is 1. The van der Waals surface area contributed by atoms with Crippen molar-refractivity contribution >= 4 is 31.1 Å². The number of carbonyl (C=O) groups excluding carboxylic acids is 1. The fourth-order valence-corrected chi connectivity index (χ4v) is 6.38. The second-order valence-electron chi connectivity index (χ2n) is 8.25. The lowest BCUT2D eigenvalue weighted by Gasteiger charge is -2.30. The van der Waals surface area contributed by atoms with Crippen molar-refractivity contribution in [3.05, 3.63) is 48.5 Å². The Hall–Kier alpha value is -1.97. The maximum Gasteiger partial charge on any atom is 0.230 e. The molecule has 1 amide bonds. The van der Waals surface area contributed by atoms with Gasteiger partial charge in [-0.25, -0.2) is 4.98 Å². The molecule has 2 aromatic rings. The molecule has 1 unspecified atom stereocenters. The quantitative estimate of drug-likeness (QED) is 0.816. The maximum absolute atomic E-state index is 12.4. The van der Waals surface area contributed by atoms with Crippen molar-refractivity contribution < 1.29 is 4.79 Å². The topological polar surface area (TPSA) is 48.5 Å². The number of amides is 1. The molecule has 2 fully saturated rings. The van der Waals surface area contributed by atoms with Gasteiger partial charge in [-0.15, -0.1) is 0 Å². The van der Waals surface area contributed by atoms with Crippen molar-refractivity contribution in [1.29, 1.82) is 0 Å². The zero-order valence-electron chi connectivity index (χ0n) is 16.2. The van der Waals surface area contributed by atoms with E-state index in [4.69, 9.17) is 4.98 Å². The standard InChI is InChI=1S/C21H27N4OP/c1-21(2,3)20(26)23-18-12-7-13-19(22-18)27-24-14-8-11-17(24)15-25(27)16-9-5-4-6-10-16/h4-7,9-10,12-13,17H,8,11,14-15H2,1-3H3,(H,22,23,26)/t17-,27?/m0/s1. The average molecular weight is 382 g/mol. The Morgan fingerprint density at radius 2 is 1.93 bits per heavy atom. The molecule has 2 aliphatic rings. The van der Waals surface area contributed by atoms with Crippen LogP contribution < -0.4 is 15.4 Å². The molecule has 5 nitrogen and oxygen atoms in total. The number of nitrogens with one attached hydrogen (secondary N) is 1. The zero-order chi connectivity index (χ0) is 19.0. The average Bonchev–Trinajstić information content (AvgIpc) is 3.22. The third-order valence-corrected chi connectivity index (χ3v) is 7.64. The number of carbonyl (C=O) groups is 1. The molecular weight excluding hydrogens is 355 g/mol. The molecule has 1 aromatic carbocycles. The van der Waals surface area contributed by atoms with Crippen molar-refractivity contribution in [2.75, 3.05) is 23.1 Å². The van der Waals surface area contributed by atoms with E-state index in [2.05, 4.69) is 51.1 Å². The van der Waals surface area contributed by atoms with Crippen LogP contribution >= 0.6 is 8.22 Å². The Labute approximate surface area is 162 Å². The highest BCUT2D eigenvalue weighted by atomic mass is 31.1. The van der Waals surface area contributed by atoms with E-state index >= 15 is 0 Å². The fourth-order valence-electron chi connectivity index (χ4n) is 3.65. The number of anilines is 2. The van der Waals surface area contributed by atoms with Crippen LogP contribution in [0.15, 0.2) is 48.5 Å². The van der Waals surface area contributed by atoms with E-state index in [1.807, 2.05) is 32.9 Å². The summed E-state index contributed by atoms with van der Waals surface area (Å²) in [6, 6.07) is 17.2. The van der Waals surface area contributed by atoms with Gasteiger partial charge in [0.15, 0.2) is 0 Å². The third kappa shape index (κ3) is 3.71. The van der Waals surface area contributed by atoms with Gasteiger partial charge >= 0.3 is 0 Å². The van der Waals surface area contributed by atoms with Crippen LogP contribution in [0.2, 0.25) is 0 Å². The summed E-state index contributed by atoms with van der Waals surface area (Å²) in [5, 5.41) is 2.98. The van der Waals surface area contributed by atoms with E-state index < -0.39 is 13.6 Å². The molecule has 2 aliphatic heterocycles. The summed E-state index contributed by atoms with van der Waals surface area (Å²) in [5.41, 5.74) is 1.88. The largest absolute Gasteiger partial charge is 0.332 e. The lowest BCUT2D eigenvalue weighted by molar-refractivity contribution is -0.123. The molecule has 142 valence electrons. The lowest BCUT2D eigenvalue weighted by Crippen LogP contribution is -2.30. The first-order valence-corrected chi connectivity index (χ1v) is 10.9. The molecule has 0 aliphatic carbocycles. The molecule has 6 heteroatoms. The van der Waals surface area contributed by atoms with Crippen LogP contribution in [0.5, 0.6) is 0 Å². The van der Waals surface area contributed by atoms with Crippen molar-refractivity contribution in [1.82, 2.24) is 9.65 Å². The highest BCUT2D eigenvalue weighted by Gasteiger charge is 2.44. The van der Waals surface area contributed by atoms with E-state index in [0.717, 1.165) is 18.5 Å². The molecule has 2 saturated heterocycles. The number of hydrogen-bond acceptors (Lipinski definition) is 4. The predicted molar refractivity (Wildman–Crippen MR) is 112 cm³/mol. The molecule has 1 N–H and O–H groups in total. The van der Waals surface area contributed by atoms with E-state index in [1.54, 1.807) is 0 Å². The van der Waals surface area contributed by atoms with Gasteiger partial charge in [-0.3, -0.25) is 9.46 Å². The molecule has 1 aromatic heterocycles. The maximum atomic E-state index is 12.4. The van der Waals surface area contributed by atoms with Crippen molar-refractivity contribution in [2.45, 2.75) is 39.7 Å². The lowest BCUT2D eigenvalue weighted by atomic mass is 9.96. The highest BCUT2D eigenvalue weighted by Crippen LogP contribution is 2.54. The summed E-state index contributed by atoms with van der Waals surface area (Å²) >= 11 is 0. The SMILES string of the molecule is CC(C)(C)C(=O)Nc1cccc(P2N(c3ccccc3)C[C@@H]3CCCN32)n1. The predicted octanol–water partition coefficient (Wildman–Crippen LogP) is 3.99. The van der Waals surface area contributed by atoms with E-state index in [-0.39, 0.29) is 5.91 Å². The van der Waals surface area contributed by atoms with Crippen LogP contribution in [0.4, 0.5) is 11.5 Å². The molecule has 0 bridgehead atoms. The highest BCUT2D eigenvalue weighted by molar-refractivity contribution is 7.65. The normalized spacial score (nSPS) is 22.7. The van der Waals surface area contributed by atoms with E-state index in [0.29, 0.717) is 11.9 Å². The molecular formula is C21H27N4OP. The van der Waals surface area contributed by atoms with Crippen LogP contribution in [0, 0.1) is 5.41 Å². The van der Waals surface area contributed by atoms with Crippen molar-refractivity contribution in [3.8, 4) is 0 Å². The minimum atomic E-state index is -0.685. The minimum Gasteiger partial charge on any atom is -0.332 e. The van der Waals surface area contributed by atoms with Gasteiger partial charge in [-0.1, -0.05) is 45.0 Å². The van der Waals surface area contributed by atoms with Crippen molar-refractivity contribution in [3.63, 3.8) is 0 Å². The number of nitrogens with zero attached hydrogens (tertiary/aromatic N) is 3. The summed E-state index contributed by atoms with van der Waals surface area (Å²) in [6.07, 6.45) is 2.51. The number of aromatic nitrogens is 1. The van der Waals surface area contributed by atoms with Crippen molar-refractivity contribution in [2.24, 2.45) is 5.41 Å². The van der Waals surface area contributed by atoms with Gasteiger partial charge < -0.3 is 9.99 Å². The second kappa shape index (κ2) is 7.21. The molecule has 2 atom stereocenters. The van der Waals surface area contributed by atoms with E-state index in [1.165, 1.54) is 18.5 Å². The van der Waals surface area contributed by atoms with E-state index in [9.17, 15) is 4.79 Å². The van der Waals surface area contributed by atoms with Gasteiger partial charge in [0.1, 0.15) is 19.5 Å². The van der Waals surface area contributed by atoms with Gasteiger partial charge in [0, 0.05) is 30.2 Å². The van der Waals surface area contributed by atoms with Gasteiger partial charge in [0.25, 0.3) is 0 Å². The third-order valence-electron chi connectivity index (χ3n) is 5.12. The first-order valence-electron chi connectivity index (χ1n) is 9.61. The van der Waals surface area contributed by atoms with Gasteiger partial charge in [0.2, 0.25) is 5.91 Å². The first kappa shape index (κ1) is 18.4. The second-order valence-corrected chi connectivity index (χ2v) is 10.3. The van der Waals surface area contributed by atoms with Crippen LogP contribution in [-0.2, 0) is 4.79 Å². The van der Waals surface area contributed by atoms with Gasteiger partial charge in [-0.2, -0.15) is 0 Å².